The Morgan fingerprint density at radius 1 is 1.26 bits per heavy atom. The minimum atomic E-state index is -0.149. The van der Waals surface area contributed by atoms with Crippen LogP contribution in [0, 0.1) is 0 Å². The molecule has 0 fully saturated rings. The lowest BCUT2D eigenvalue weighted by Gasteiger charge is -2.00. The highest BCUT2D eigenvalue weighted by atomic mass is 79.9. The zero-order valence-corrected chi connectivity index (χ0v) is 16.9. The number of amides is 1. The number of hydrogen-bond donors (Lipinski definition) is 1. The number of aryl methyl sites for hydroxylation is 1. The highest BCUT2D eigenvalue weighted by molar-refractivity contribution is 9.13. The van der Waals surface area contributed by atoms with E-state index in [4.69, 9.17) is 0 Å². The molecule has 0 saturated heterocycles. The van der Waals surface area contributed by atoms with Crippen molar-refractivity contribution in [3.8, 4) is 11.3 Å². The zero-order valence-electron chi connectivity index (χ0n) is 12.1. The molecule has 3 nitrogen and oxygen atoms in total. The maximum atomic E-state index is 12.2. The molecule has 1 aromatic carbocycles. The lowest BCUT2D eigenvalue weighted by atomic mass is 10.1. The van der Waals surface area contributed by atoms with Crippen LogP contribution in [0.2, 0.25) is 0 Å². The fourth-order valence-electron chi connectivity index (χ4n) is 1.99. The molecule has 1 N–H and O–H groups in total. The van der Waals surface area contributed by atoms with Crippen molar-refractivity contribution in [2.45, 2.75) is 13.3 Å². The van der Waals surface area contributed by atoms with Crippen molar-refractivity contribution in [1.82, 2.24) is 4.98 Å². The molecule has 3 aromatic rings. The maximum Gasteiger partial charge on any atom is 0.267 e. The molecule has 0 radical (unpaired) electrons. The van der Waals surface area contributed by atoms with Gasteiger partial charge in [0.25, 0.3) is 5.91 Å². The highest BCUT2D eigenvalue weighted by Gasteiger charge is 2.14. The van der Waals surface area contributed by atoms with Gasteiger partial charge in [0.15, 0.2) is 5.13 Å². The largest absolute Gasteiger partial charge is 0.297 e. The van der Waals surface area contributed by atoms with Crippen molar-refractivity contribution in [3.63, 3.8) is 0 Å². The van der Waals surface area contributed by atoms with Crippen molar-refractivity contribution < 1.29 is 4.79 Å². The Bertz CT molecular complexity index is 821. The lowest BCUT2D eigenvalue weighted by molar-refractivity contribution is 0.103. The zero-order chi connectivity index (χ0) is 16.4. The van der Waals surface area contributed by atoms with Crippen LogP contribution < -0.4 is 5.32 Å². The Morgan fingerprint density at radius 2 is 2.00 bits per heavy atom. The van der Waals surface area contributed by atoms with E-state index in [0.29, 0.717) is 10.0 Å². The number of anilines is 1. The summed E-state index contributed by atoms with van der Waals surface area (Å²) in [5.41, 5.74) is 3.23. The Kier molecular flexibility index (Phi) is 5.31. The van der Waals surface area contributed by atoms with Gasteiger partial charge in [-0.3, -0.25) is 10.1 Å². The molecule has 7 heteroatoms. The van der Waals surface area contributed by atoms with E-state index in [-0.39, 0.29) is 5.91 Å². The molecule has 0 aliphatic heterocycles. The van der Waals surface area contributed by atoms with Gasteiger partial charge in [-0.05, 0) is 49.9 Å². The first-order valence-electron chi connectivity index (χ1n) is 6.88. The van der Waals surface area contributed by atoms with Gasteiger partial charge in [-0.2, -0.15) is 0 Å². The second-order valence-corrected chi connectivity index (χ2v) is 8.86. The number of nitrogens with zero attached hydrogens (tertiary/aromatic N) is 1. The molecule has 0 aliphatic carbocycles. The maximum absolute atomic E-state index is 12.2. The van der Waals surface area contributed by atoms with Crippen molar-refractivity contribution in [1.29, 1.82) is 0 Å². The average molecular weight is 472 g/mol. The van der Waals surface area contributed by atoms with Gasteiger partial charge in [0.1, 0.15) is 0 Å². The topological polar surface area (TPSA) is 42.0 Å². The van der Waals surface area contributed by atoms with Crippen LogP contribution in [0.5, 0.6) is 0 Å². The fraction of sp³-hybridized carbons (Fsp3) is 0.125. The van der Waals surface area contributed by atoms with E-state index >= 15 is 0 Å². The number of halogens is 2. The van der Waals surface area contributed by atoms with Crippen LogP contribution in [0.15, 0.2) is 44.0 Å². The summed E-state index contributed by atoms with van der Waals surface area (Å²) in [7, 11) is 0. The SMILES string of the molecule is CCc1ccc(-c2csc(NC(=O)c3cc(Br)c(Br)s3)n2)cc1. The van der Waals surface area contributed by atoms with Gasteiger partial charge in [-0.15, -0.1) is 22.7 Å². The monoisotopic (exact) mass is 470 g/mol. The summed E-state index contributed by atoms with van der Waals surface area (Å²) in [6, 6.07) is 10.1. The average Bonchev–Trinajstić information content (AvgIpc) is 3.15. The molecule has 0 atom stereocenters. The van der Waals surface area contributed by atoms with Crippen LogP contribution in [0.25, 0.3) is 11.3 Å². The van der Waals surface area contributed by atoms with Gasteiger partial charge in [0.2, 0.25) is 0 Å². The normalized spacial score (nSPS) is 10.7. The number of hydrogen-bond acceptors (Lipinski definition) is 4. The fourth-order valence-corrected chi connectivity index (χ4v) is 4.64. The lowest BCUT2D eigenvalue weighted by Crippen LogP contribution is -2.09. The van der Waals surface area contributed by atoms with E-state index < -0.39 is 0 Å². The standard InChI is InChI=1S/C16H12Br2N2OS2/c1-2-9-3-5-10(6-4-9)12-8-22-16(19-12)20-15(21)13-7-11(17)14(18)23-13/h3-8H,2H2,1H3,(H,19,20,21). The number of rotatable bonds is 4. The van der Waals surface area contributed by atoms with E-state index in [9.17, 15) is 4.79 Å². The van der Waals surface area contributed by atoms with Crippen molar-refractivity contribution in [2.75, 3.05) is 5.32 Å². The predicted octanol–water partition coefficient (Wildman–Crippen LogP) is 6.21. The number of thiazole rings is 1. The minimum absolute atomic E-state index is 0.149. The second kappa shape index (κ2) is 7.25. The summed E-state index contributed by atoms with van der Waals surface area (Å²) in [5, 5.41) is 5.41. The van der Waals surface area contributed by atoms with E-state index in [1.165, 1.54) is 28.2 Å². The molecule has 23 heavy (non-hydrogen) atoms. The first-order chi connectivity index (χ1) is 11.1. The van der Waals surface area contributed by atoms with Gasteiger partial charge < -0.3 is 0 Å². The summed E-state index contributed by atoms with van der Waals surface area (Å²) in [4.78, 5) is 17.4. The van der Waals surface area contributed by atoms with Crippen molar-refractivity contribution >= 4 is 65.6 Å². The smallest absolute Gasteiger partial charge is 0.267 e. The Hall–Kier alpha value is -1.02. The van der Waals surface area contributed by atoms with Crippen LogP contribution in [-0.4, -0.2) is 10.9 Å². The predicted molar refractivity (Wildman–Crippen MR) is 105 cm³/mol. The molecule has 1 amide bonds. The molecule has 0 bridgehead atoms. The van der Waals surface area contributed by atoms with Gasteiger partial charge in [0, 0.05) is 15.4 Å². The third-order valence-electron chi connectivity index (χ3n) is 3.25. The quantitative estimate of drug-likeness (QED) is 0.491. The summed E-state index contributed by atoms with van der Waals surface area (Å²) >= 11 is 9.59. The van der Waals surface area contributed by atoms with Gasteiger partial charge in [0.05, 0.1) is 14.4 Å². The third-order valence-corrected chi connectivity index (χ3v) is 7.26. The van der Waals surface area contributed by atoms with Crippen LogP contribution in [-0.2, 0) is 6.42 Å². The van der Waals surface area contributed by atoms with Crippen molar-refractivity contribution in [3.05, 3.63) is 54.4 Å². The van der Waals surface area contributed by atoms with Gasteiger partial charge in [-0.1, -0.05) is 31.2 Å². The number of nitrogens with one attached hydrogen (secondary N) is 1. The number of aromatic nitrogens is 1. The molecular formula is C16H12Br2N2OS2. The summed E-state index contributed by atoms with van der Waals surface area (Å²) < 4.78 is 1.78. The molecule has 2 aromatic heterocycles. The van der Waals surface area contributed by atoms with Crippen LogP contribution >= 0.6 is 54.5 Å². The van der Waals surface area contributed by atoms with Crippen LogP contribution in [0.3, 0.4) is 0 Å². The minimum Gasteiger partial charge on any atom is -0.297 e. The first-order valence-corrected chi connectivity index (χ1v) is 10.2. The second-order valence-electron chi connectivity index (χ2n) is 4.77. The molecule has 2 heterocycles. The van der Waals surface area contributed by atoms with Crippen molar-refractivity contribution in [2.24, 2.45) is 0 Å². The van der Waals surface area contributed by atoms with E-state index in [0.717, 1.165) is 25.9 Å². The van der Waals surface area contributed by atoms with E-state index in [2.05, 4.69) is 73.3 Å². The number of carbonyl (C=O) groups excluding carboxylic acids is 1. The summed E-state index contributed by atoms with van der Waals surface area (Å²) in [5.74, 6) is -0.149. The molecule has 3 rings (SSSR count). The number of carbonyl (C=O) groups is 1. The van der Waals surface area contributed by atoms with E-state index in [1.807, 2.05) is 5.38 Å². The summed E-state index contributed by atoms with van der Waals surface area (Å²) in [6.07, 6.45) is 1.02. The highest BCUT2D eigenvalue weighted by Crippen LogP contribution is 2.33. The molecule has 0 unspecified atom stereocenters. The molecular weight excluding hydrogens is 460 g/mol. The Labute approximate surface area is 159 Å². The summed E-state index contributed by atoms with van der Waals surface area (Å²) in [6.45, 7) is 2.13. The van der Waals surface area contributed by atoms with E-state index in [1.54, 1.807) is 6.07 Å². The first kappa shape index (κ1) is 16.8. The number of benzene rings is 1. The Balaban J connectivity index is 1.74. The van der Waals surface area contributed by atoms with Gasteiger partial charge in [-0.25, -0.2) is 4.98 Å². The molecule has 0 aliphatic rings. The van der Waals surface area contributed by atoms with Crippen LogP contribution in [0.1, 0.15) is 22.2 Å². The third kappa shape index (κ3) is 3.91. The van der Waals surface area contributed by atoms with Crippen LogP contribution in [0.4, 0.5) is 5.13 Å². The molecule has 0 spiro atoms. The molecule has 118 valence electrons. The molecule has 0 saturated carbocycles. The Morgan fingerprint density at radius 3 is 2.61 bits per heavy atom. The number of thiophene rings is 1. The van der Waals surface area contributed by atoms with Gasteiger partial charge >= 0.3 is 0 Å².